The number of hydrogen-bond donors (Lipinski definition) is 1. The zero-order valence-corrected chi connectivity index (χ0v) is 15.2. The minimum absolute atomic E-state index is 0.0988. The number of carbonyl (C=O) groups excluding carboxylic acids is 1. The zero-order chi connectivity index (χ0) is 18.1. The molecule has 0 bridgehead atoms. The summed E-state index contributed by atoms with van der Waals surface area (Å²) in [4.78, 5) is 17.8. The Balaban J connectivity index is 1.77. The summed E-state index contributed by atoms with van der Waals surface area (Å²) in [5.74, 6) is 0.732. The molecule has 0 aliphatic heterocycles. The maximum atomic E-state index is 11.3. The first-order chi connectivity index (χ1) is 12.6. The molecule has 1 N–H and O–H groups in total. The summed E-state index contributed by atoms with van der Waals surface area (Å²) in [7, 11) is 1.99. The molecule has 0 aliphatic rings. The third-order valence-electron chi connectivity index (χ3n) is 4.01. The van der Waals surface area contributed by atoms with Gasteiger partial charge in [-0.1, -0.05) is 12.1 Å². The van der Waals surface area contributed by atoms with Crippen molar-refractivity contribution >= 4 is 39.4 Å². The van der Waals surface area contributed by atoms with Crippen LogP contribution in [0.15, 0.2) is 60.1 Å². The first-order valence-electron chi connectivity index (χ1n) is 8.12. The van der Waals surface area contributed by atoms with Crippen molar-refractivity contribution in [2.24, 2.45) is 0 Å². The van der Waals surface area contributed by atoms with Gasteiger partial charge in [0.25, 0.3) is 0 Å². The Morgan fingerprint density at radius 1 is 1.19 bits per heavy atom. The van der Waals surface area contributed by atoms with Crippen LogP contribution in [0.25, 0.3) is 16.9 Å². The predicted octanol–water partition coefficient (Wildman–Crippen LogP) is 4.18. The third kappa shape index (κ3) is 3.04. The van der Waals surface area contributed by atoms with Gasteiger partial charge in [-0.3, -0.25) is 4.79 Å². The van der Waals surface area contributed by atoms with Gasteiger partial charge in [0.15, 0.2) is 11.5 Å². The van der Waals surface area contributed by atoms with Crippen LogP contribution in [-0.2, 0) is 4.79 Å². The lowest BCUT2D eigenvalue weighted by Gasteiger charge is -2.16. The standard InChI is InChI=1S/C19H17N5OS/c1-13(25)21-15-6-3-5-14(11-15)16-12-20-17-8-9-18(22-24(16)17)23(2)19-7-4-10-26-19/h3-12H,1-2H3,(H,21,25). The number of benzene rings is 1. The smallest absolute Gasteiger partial charge is 0.221 e. The van der Waals surface area contributed by atoms with Crippen LogP contribution in [-0.4, -0.2) is 27.6 Å². The minimum Gasteiger partial charge on any atom is -0.326 e. The summed E-state index contributed by atoms with van der Waals surface area (Å²) in [6.45, 7) is 1.50. The molecule has 4 rings (SSSR count). The molecule has 0 radical (unpaired) electrons. The molecule has 0 fully saturated rings. The number of carbonyl (C=O) groups is 1. The van der Waals surface area contributed by atoms with Crippen LogP contribution in [0.5, 0.6) is 0 Å². The van der Waals surface area contributed by atoms with Gasteiger partial charge >= 0.3 is 0 Å². The van der Waals surface area contributed by atoms with Crippen LogP contribution in [0.1, 0.15) is 6.92 Å². The molecule has 3 aromatic heterocycles. The average Bonchev–Trinajstić information content (AvgIpc) is 3.30. The molecule has 0 atom stereocenters. The molecule has 0 aliphatic carbocycles. The predicted molar refractivity (Wildman–Crippen MR) is 105 cm³/mol. The number of imidazole rings is 1. The Bertz CT molecular complexity index is 1070. The Labute approximate surface area is 154 Å². The SMILES string of the molecule is CC(=O)Nc1cccc(-c2cnc3ccc(N(C)c4cccs4)nn23)c1. The topological polar surface area (TPSA) is 62.5 Å². The van der Waals surface area contributed by atoms with Crippen LogP contribution in [0, 0.1) is 0 Å². The first-order valence-corrected chi connectivity index (χ1v) is 9.00. The number of fused-ring (bicyclic) bond motifs is 1. The largest absolute Gasteiger partial charge is 0.326 e. The number of thiophene rings is 1. The number of aromatic nitrogens is 3. The third-order valence-corrected chi connectivity index (χ3v) is 4.95. The van der Waals surface area contributed by atoms with E-state index in [1.165, 1.54) is 6.92 Å². The van der Waals surface area contributed by atoms with Gasteiger partial charge in [0.2, 0.25) is 5.91 Å². The highest BCUT2D eigenvalue weighted by Gasteiger charge is 2.12. The second-order valence-corrected chi connectivity index (χ2v) is 6.80. The summed E-state index contributed by atoms with van der Waals surface area (Å²) in [6.07, 6.45) is 1.80. The summed E-state index contributed by atoms with van der Waals surface area (Å²) in [5, 5.41) is 10.7. The highest BCUT2D eigenvalue weighted by molar-refractivity contribution is 7.14. The van der Waals surface area contributed by atoms with E-state index in [4.69, 9.17) is 5.10 Å². The molecule has 3 heterocycles. The monoisotopic (exact) mass is 363 g/mol. The highest BCUT2D eigenvalue weighted by Crippen LogP contribution is 2.28. The van der Waals surface area contributed by atoms with Crippen molar-refractivity contribution in [1.29, 1.82) is 0 Å². The molecule has 7 heteroatoms. The van der Waals surface area contributed by atoms with Gasteiger partial charge in [0.05, 0.1) is 16.9 Å². The van der Waals surface area contributed by atoms with Gasteiger partial charge in [-0.2, -0.15) is 0 Å². The van der Waals surface area contributed by atoms with Crippen molar-refractivity contribution in [3.63, 3.8) is 0 Å². The van der Waals surface area contributed by atoms with Crippen LogP contribution >= 0.6 is 11.3 Å². The van der Waals surface area contributed by atoms with Crippen molar-refractivity contribution in [2.75, 3.05) is 17.3 Å². The van der Waals surface area contributed by atoms with E-state index in [1.54, 1.807) is 17.5 Å². The molecule has 0 saturated carbocycles. The zero-order valence-electron chi connectivity index (χ0n) is 14.4. The Morgan fingerprint density at radius 3 is 2.85 bits per heavy atom. The van der Waals surface area contributed by atoms with Crippen LogP contribution < -0.4 is 10.2 Å². The summed E-state index contributed by atoms with van der Waals surface area (Å²) in [5.41, 5.74) is 3.32. The number of nitrogens with one attached hydrogen (secondary N) is 1. The molecular weight excluding hydrogens is 346 g/mol. The lowest BCUT2D eigenvalue weighted by molar-refractivity contribution is -0.114. The van der Waals surface area contributed by atoms with Crippen LogP contribution in [0.3, 0.4) is 0 Å². The fourth-order valence-corrected chi connectivity index (χ4v) is 3.48. The molecule has 0 unspecified atom stereocenters. The van der Waals surface area contributed by atoms with Crippen molar-refractivity contribution in [3.8, 4) is 11.3 Å². The minimum atomic E-state index is -0.0988. The van der Waals surface area contributed by atoms with Crippen LogP contribution in [0.2, 0.25) is 0 Å². The van der Waals surface area contributed by atoms with E-state index in [-0.39, 0.29) is 5.91 Å². The molecular formula is C19H17N5OS. The summed E-state index contributed by atoms with van der Waals surface area (Å²) in [6, 6.07) is 15.6. The van der Waals surface area contributed by atoms with Gasteiger partial charge in [-0.25, -0.2) is 9.50 Å². The molecule has 0 saturated heterocycles. The second-order valence-electron chi connectivity index (χ2n) is 5.88. The van der Waals surface area contributed by atoms with Crippen molar-refractivity contribution in [1.82, 2.24) is 14.6 Å². The van der Waals surface area contributed by atoms with Gasteiger partial charge in [0, 0.05) is 25.2 Å². The van der Waals surface area contributed by atoms with E-state index in [9.17, 15) is 4.79 Å². The van der Waals surface area contributed by atoms with E-state index >= 15 is 0 Å². The number of amides is 1. The number of nitrogens with zero attached hydrogens (tertiary/aromatic N) is 4. The number of hydrogen-bond acceptors (Lipinski definition) is 5. The molecule has 1 amide bonds. The van der Waals surface area contributed by atoms with E-state index in [0.717, 1.165) is 33.4 Å². The highest BCUT2D eigenvalue weighted by atomic mass is 32.1. The van der Waals surface area contributed by atoms with Crippen molar-refractivity contribution < 1.29 is 4.79 Å². The summed E-state index contributed by atoms with van der Waals surface area (Å²) >= 11 is 1.66. The van der Waals surface area contributed by atoms with Gasteiger partial charge in [-0.05, 0) is 41.8 Å². The van der Waals surface area contributed by atoms with E-state index in [2.05, 4.69) is 16.4 Å². The fourth-order valence-electron chi connectivity index (χ4n) is 2.77. The van der Waals surface area contributed by atoms with Gasteiger partial charge in [0.1, 0.15) is 0 Å². The lowest BCUT2D eigenvalue weighted by Crippen LogP contribution is -2.11. The Hall–Kier alpha value is -3.19. The molecule has 130 valence electrons. The maximum Gasteiger partial charge on any atom is 0.221 e. The molecule has 4 aromatic rings. The lowest BCUT2D eigenvalue weighted by atomic mass is 10.1. The Morgan fingerprint density at radius 2 is 2.08 bits per heavy atom. The van der Waals surface area contributed by atoms with Gasteiger partial charge < -0.3 is 10.2 Å². The molecule has 6 nitrogen and oxygen atoms in total. The van der Waals surface area contributed by atoms with Crippen molar-refractivity contribution in [3.05, 3.63) is 60.1 Å². The Kier molecular flexibility index (Phi) is 4.14. The van der Waals surface area contributed by atoms with Crippen LogP contribution in [0.4, 0.5) is 16.5 Å². The van der Waals surface area contributed by atoms with E-state index < -0.39 is 0 Å². The first kappa shape index (κ1) is 16.3. The van der Waals surface area contributed by atoms with Crippen molar-refractivity contribution in [2.45, 2.75) is 6.92 Å². The van der Waals surface area contributed by atoms with E-state index in [0.29, 0.717) is 0 Å². The molecule has 0 spiro atoms. The summed E-state index contributed by atoms with van der Waals surface area (Å²) < 4.78 is 1.83. The normalized spacial score (nSPS) is 10.8. The number of rotatable bonds is 4. The fraction of sp³-hybridized carbons (Fsp3) is 0.105. The van der Waals surface area contributed by atoms with Gasteiger partial charge in [-0.15, -0.1) is 16.4 Å². The number of anilines is 3. The molecule has 26 heavy (non-hydrogen) atoms. The second kappa shape index (κ2) is 6.61. The quantitative estimate of drug-likeness (QED) is 0.591. The molecule has 1 aromatic carbocycles. The average molecular weight is 363 g/mol. The van der Waals surface area contributed by atoms with E-state index in [1.807, 2.05) is 64.3 Å². The maximum absolute atomic E-state index is 11.3.